The lowest BCUT2D eigenvalue weighted by Crippen LogP contribution is -2.35. The van der Waals surface area contributed by atoms with Gasteiger partial charge in [0.1, 0.15) is 21.1 Å². The van der Waals surface area contributed by atoms with Crippen LogP contribution in [0.1, 0.15) is 0 Å². The Morgan fingerprint density at radius 3 is 2.67 bits per heavy atom. The van der Waals surface area contributed by atoms with Crippen molar-refractivity contribution in [3.05, 3.63) is 24.3 Å². The summed E-state index contributed by atoms with van der Waals surface area (Å²) in [7, 11) is -6.58. The molecule has 1 aromatic carbocycles. The van der Waals surface area contributed by atoms with Gasteiger partial charge in [0.2, 0.25) is 0 Å². The molecule has 0 unspecified atom stereocenters. The van der Waals surface area contributed by atoms with Crippen molar-refractivity contribution < 1.29 is 16.8 Å². The Balaban J connectivity index is 1.97. The number of sulfone groups is 1. The Kier molecular flexibility index (Phi) is 4.64. The van der Waals surface area contributed by atoms with Gasteiger partial charge in [-0.1, -0.05) is 12.1 Å². The predicted octanol–water partition coefficient (Wildman–Crippen LogP) is -0.142. The molecule has 0 bridgehead atoms. The van der Waals surface area contributed by atoms with Crippen molar-refractivity contribution in [3.63, 3.8) is 0 Å². The molecule has 1 heterocycles. The molecular weight excluding hydrogens is 314 g/mol. The molecule has 116 valence electrons. The summed E-state index contributed by atoms with van der Waals surface area (Å²) >= 11 is 0. The molecule has 21 heavy (non-hydrogen) atoms. The Bertz CT molecular complexity index is 742. The Hall–Kier alpha value is -1.45. The number of nitrogens with zero attached hydrogens (tertiary/aromatic N) is 2. The van der Waals surface area contributed by atoms with E-state index >= 15 is 0 Å². The molecule has 0 saturated heterocycles. The highest BCUT2D eigenvalue weighted by Gasteiger charge is 2.24. The Morgan fingerprint density at radius 2 is 1.95 bits per heavy atom. The van der Waals surface area contributed by atoms with Gasteiger partial charge in [-0.15, -0.1) is 4.40 Å². The fourth-order valence-electron chi connectivity index (χ4n) is 1.91. The van der Waals surface area contributed by atoms with Gasteiger partial charge in [-0.3, -0.25) is 0 Å². The molecule has 1 aromatic rings. The molecule has 9 heteroatoms. The lowest BCUT2D eigenvalue weighted by Gasteiger charge is -2.25. The smallest absolute Gasteiger partial charge is 0.285 e. The average Bonchev–Trinajstić information content (AvgIpc) is 2.40. The number of hydrogen-bond donors (Lipinski definition) is 1. The topological polar surface area (TPSA) is 95.9 Å². The van der Waals surface area contributed by atoms with Crippen molar-refractivity contribution in [2.24, 2.45) is 4.40 Å². The minimum atomic E-state index is -3.60. The maximum atomic E-state index is 11.8. The Labute approximate surface area is 124 Å². The highest BCUT2D eigenvalue weighted by Crippen LogP contribution is 2.28. The van der Waals surface area contributed by atoms with Crippen molar-refractivity contribution in [2.45, 2.75) is 4.90 Å². The van der Waals surface area contributed by atoms with Crippen molar-refractivity contribution in [3.8, 4) is 0 Å². The predicted molar refractivity (Wildman–Crippen MR) is 82.0 cm³/mol. The second-order valence-electron chi connectivity index (χ2n) is 4.74. The monoisotopic (exact) mass is 331 g/mol. The third-order valence-electron chi connectivity index (χ3n) is 2.96. The quantitative estimate of drug-likeness (QED) is 0.729. The SMILES string of the molecule is CS(=O)(=O)CCNCCN1C=NS(=O)(=O)c2ccccc21. The molecule has 0 aliphatic carbocycles. The molecular formula is C12H17N3O4S2. The first-order valence-corrected chi connectivity index (χ1v) is 9.84. The van der Waals surface area contributed by atoms with E-state index in [1.807, 2.05) is 0 Å². The third kappa shape index (κ3) is 4.26. The molecule has 1 N–H and O–H groups in total. The fraction of sp³-hybridized carbons (Fsp3) is 0.417. The largest absolute Gasteiger partial charge is 0.329 e. The summed E-state index contributed by atoms with van der Waals surface area (Å²) < 4.78 is 49.2. The number of nitrogens with one attached hydrogen (secondary N) is 1. The van der Waals surface area contributed by atoms with Crippen molar-refractivity contribution in [1.82, 2.24) is 5.32 Å². The molecule has 7 nitrogen and oxygen atoms in total. The van der Waals surface area contributed by atoms with E-state index in [1.165, 1.54) is 18.7 Å². The molecule has 0 amide bonds. The van der Waals surface area contributed by atoms with Crippen molar-refractivity contribution >= 4 is 31.9 Å². The van der Waals surface area contributed by atoms with Crippen LogP contribution in [0.25, 0.3) is 0 Å². The van der Waals surface area contributed by atoms with Crippen LogP contribution in [0.5, 0.6) is 0 Å². The molecule has 0 spiro atoms. The van der Waals surface area contributed by atoms with Crippen LogP contribution >= 0.6 is 0 Å². The van der Waals surface area contributed by atoms with Gasteiger partial charge in [-0.05, 0) is 12.1 Å². The summed E-state index contributed by atoms with van der Waals surface area (Å²) in [5.41, 5.74) is 0.581. The van der Waals surface area contributed by atoms with E-state index in [2.05, 4.69) is 9.71 Å². The second kappa shape index (κ2) is 6.12. The summed E-state index contributed by atoms with van der Waals surface area (Å²) in [5.74, 6) is 0.0755. The first-order chi connectivity index (χ1) is 9.80. The number of benzene rings is 1. The molecule has 0 aromatic heterocycles. The molecule has 0 saturated carbocycles. The van der Waals surface area contributed by atoms with Gasteiger partial charge in [0.15, 0.2) is 0 Å². The van der Waals surface area contributed by atoms with Crippen molar-refractivity contribution in [1.29, 1.82) is 0 Å². The average molecular weight is 331 g/mol. The fourth-order valence-corrected chi connectivity index (χ4v) is 3.48. The molecule has 1 aliphatic rings. The lowest BCUT2D eigenvalue weighted by atomic mass is 10.3. The summed E-state index contributed by atoms with van der Waals surface area (Å²) in [4.78, 5) is 1.91. The number of hydrogen-bond acceptors (Lipinski definition) is 6. The van der Waals surface area contributed by atoms with E-state index in [4.69, 9.17) is 0 Å². The lowest BCUT2D eigenvalue weighted by molar-refractivity contribution is 0.593. The van der Waals surface area contributed by atoms with Crippen LogP contribution < -0.4 is 10.2 Å². The molecule has 0 atom stereocenters. The molecule has 0 fully saturated rings. The van der Waals surface area contributed by atoms with E-state index in [0.717, 1.165) is 0 Å². The van der Waals surface area contributed by atoms with Gasteiger partial charge in [0.25, 0.3) is 10.0 Å². The number of para-hydroxylation sites is 1. The first kappa shape index (κ1) is 15.9. The van der Waals surface area contributed by atoms with E-state index in [1.54, 1.807) is 23.1 Å². The number of fused-ring (bicyclic) bond motifs is 1. The zero-order valence-corrected chi connectivity index (χ0v) is 13.2. The van der Waals surface area contributed by atoms with Gasteiger partial charge in [-0.25, -0.2) is 8.42 Å². The standard InChI is InChI=1S/C12H17N3O4S2/c1-20(16,17)9-7-13-6-8-15-10-14-21(18,19)12-5-3-2-4-11(12)15/h2-5,10,13H,6-9H2,1H3. The van der Waals surface area contributed by atoms with Crippen LogP contribution in [0.15, 0.2) is 33.6 Å². The van der Waals surface area contributed by atoms with E-state index in [-0.39, 0.29) is 10.6 Å². The van der Waals surface area contributed by atoms with Gasteiger partial charge < -0.3 is 10.2 Å². The van der Waals surface area contributed by atoms with Crippen LogP contribution in [0, 0.1) is 0 Å². The normalized spacial score (nSPS) is 16.7. The molecule has 1 aliphatic heterocycles. The van der Waals surface area contributed by atoms with Crippen LogP contribution in [0.4, 0.5) is 5.69 Å². The minimum absolute atomic E-state index is 0.0755. The summed E-state index contributed by atoms with van der Waals surface area (Å²) in [6, 6.07) is 6.65. The van der Waals surface area contributed by atoms with E-state index < -0.39 is 19.9 Å². The number of anilines is 1. The minimum Gasteiger partial charge on any atom is -0.329 e. The van der Waals surface area contributed by atoms with Crippen LogP contribution in [-0.2, 0) is 19.9 Å². The third-order valence-corrected chi connectivity index (χ3v) is 5.18. The maximum Gasteiger partial charge on any atom is 0.285 e. The van der Waals surface area contributed by atoms with E-state index in [9.17, 15) is 16.8 Å². The van der Waals surface area contributed by atoms with Gasteiger partial charge in [0.05, 0.1) is 11.4 Å². The highest BCUT2D eigenvalue weighted by atomic mass is 32.2. The van der Waals surface area contributed by atoms with Gasteiger partial charge in [-0.2, -0.15) is 8.42 Å². The second-order valence-corrected chi connectivity index (χ2v) is 8.60. The number of sulfonamides is 1. The summed E-state index contributed by atoms with van der Waals surface area (Å²) in [5, 5.41) is 3.01. The summed E-state index contributed by atoms with van der Waals surface area (Å²) in [6.45, 7) is 1.39. The van der Waals surface area contributed by atoms with Crippen LogP contribution in [-0.4, -0.2) is 54.8 Å². The van der Waals surface area contributed by atoms with Crippen LogP contribution in [0.3, 0.4) is 0 Å². The zero-order valence-electron chi connectivity index (χ0n) is 11.6. The van der Waals surface area contributed by atoms with Crippen molar-refractivity contribution in [2.75, 3.05) is 36.5 Å². The molecule has 0 radical (unpaired) electrons. The number of rotatable bonds is 6. The summed E-state index contributed by atoms with van der Waals surface area (Å²) in [6.07, 6.45) is 2.48. The van der Waals surface area contributed by atoms with E-state index in [0.29, 0.717) is 25.3 Å². The van der Waals surface area contributed by atoms with Crippen LogP contribution in [0.2, 0.25) is 0 Å². The maximum absolute atomic E-state index is 11.8. The van der Waals surface area contributed by atoms with Gasteiger partial charge in [0, 0.05) is 25.9 Å². The van der Waals surface area contributed by atoms with Gasteiger partial charge >= 0.3 is 0 Å². The zero-order chi connectivity index (χ0) is 15.5. The first-order valence-electron chi connectivity index (χ1n) is 6.34. The Morgan fingerprint density at radius 1 is 1.24 bits per heavy atom. The molecule has 2 rings (SSSR count). The highest BCUT2D eigenvalue weighted by molar-refractivity contribution is 7.90.